The molecule has 60 valence electrons. The van der Waals surface area contributed by atoms with E-state index in [0.29, 0.717) is 11.3 Å². The summed E-state index contributed by atoms with van der Waals surface area (Å²) in [6.45, 7) is 6.74. The zero-order chi connectivity index (χ0) is 8.28. The molecule has 0 unspecified atom stereocenters. The Balaban J connectivity index is 2.50. The van der Waals surface area contributed by atoms with Crippen LogP contribution in [0.3, 0.4) is 0 Å². The molecule has 2 atom stereocenters. The molecule has 0 N–H and O–H groups in total. The lowest BCUT2D eigenvalue weighted by Crippen LogP contribution is -2.48. The van der Waals surface area contributed by atoms with Crippen LogP contribution in [0.4, 0.5) is 0 Å². The van der Waals surface area contributed by atoms with Crippen LogP contribution in [-0.2, 0) is 4.79 Å². The van der Waals surface area contributed by atoms with E-state index >= 15 is 0 Å². The molecule has 0 aromatic rings. The van der Waals surface area contributed by atoms with Gasteiger partial charge in [0.2, 0.25) is 0 Å². The largest absolute Gasteiger partial charge is 0.234 e. The van der Waals surface area contributed by atoms with Crippen molar-refractivity contribution in [3.8, 4) is 0 Å². The Kier molecular flexibility index (Phi) is 1.04. The summed E-state index contributed by atoms with van der Waals surface area (Å²) in [5.74, 6) is 2.67. The predicted octanol–water partition coefficient (Wildman–Crippen LogP) is 2.20. The number of carbonyl (C=O) groups excluding carboxylic acids is 1. The Morgan fingerprint density at radius 1 is 1.45 bits per heavy atom. The van der Waals surface area contributed by atoms with Crippen LogP contribution in [0, 0.1) is 16.7 Å². The molecule has 3 saturated carbocycles. The fourth-order valence-electron chi connectivity index (χ4n) is 2.98. The zero-order valence-corrected chi connectivity index (χ0v) is 7.40. The Hall–Kier alpha value is -0.550. The quantitative estimate of drug-likeness (QED) is 0.484. The number of hydrogen-bond acceptors (Lipinski definition) is 1. The standard InChI is InChI=1S/C10H14O/c1-9(2)7-4-5-10(9,3)8(7)6-11/h7H,4-5H2,1-3H3/t7-,10+/m0/s1. The minimum Gasteiger partial charge on any atom is -0.234 e. The number of fused-ring (bicyclic) bond motifs is 1. The molecule has 0 aromatic carbocycles. The second kappa shape index (κ2) is 1.61. The first kappa shape index (κ1) is 7.12. The smallest absolute Gasteiger partial charge is 0.124 e. The Labute approximate surface area is 67.5 Å². The highest BCUT2D eigenvalue weighted by Gasteiger charge is 2.66. The van der Waals surface area contributed by atoms with Crippen molar-refractivity contribution in [2.24, 2.45) is 16.7 Å². The molecule has 2 bridgehead atoms. The summed E-state index contributed by atoms with van der Waals surface area (Å²) < 4.78 is 0. The van der Waals surface area contributed by atoms with Crippen LogP contribution < -0.4 is 0 Å². The van der Waals surface area contributed by atoms with Gasteiger partial charge >= 0.3 is 0 Å². The van der Waals surface area contributed by atoms with Crippen LogP contribution in [0.25, 0.3) is 0 Å². The van der Waals surface area contributed by atoms with Crippen molar-refractivity contribution in [3.05, 3.63) is 5.57 Å². The van der Waals surface area contributed by atoms with Gasteiger partial charge in [-0.05, 0) is 24.2 Å². The summed E-state index contributed by atoms with van der Waals surface area (Å²) >= 11 is 0. The van der Waals surface area contributed by atoms with Gasteiger partial charge in [-0.25, -0.2) is 4.79 Å². The minimum absolute atomic E-state index is 0.194. The molecule has 0 aliphatic heterocycles. The van der Waals surface area contributed by atoms with Crippen LogP contribution >= 0.6 is 0 Å². The van der Waals surface area contributed by atoms with Crippen LogP contribution in [0.5, 0.6) is 0 Å². The topological polar surface area (TPSA) is 17.1 Å². The summed E-state index contributed by atoms with van der Waals surface area (Å²) in [4.78, 5) is 10.6. The highest BCUT2D eigenvalue weighted by atomic mass is 16.1. The normalized spacial score (nSPS) is 45.0. The van der Waals surface area contributed by atoms with Crippen molar-refractivity contribution >= 4 is 5.94 Å². The third-order valence-corrected chi connectivity index (χ3v) is 4.28. The van der Waals surface area contributed by atoms with Gasteiger partial charge in [0, 0.05) is 11.0 Å². The predicted molar refractivity (Wildman–Crippen MR) is 43.8 cm³/mol. The summed E-state index contributed by atoms with van der Waals surface area (Å²) in [6, 6.07) is 0. The molecule has 0 aromatic heterocycles. The van der Waals surface area contributed by atoms with E-state index in [1.54, 1.807) is 0 Å². The first-order chi connectivity index (χ1) is 5.04. The monoisotopic (exact) mass is 150 g/mol. The molecule has 0 radical (unpaired) electrons. The second-order valence-electron chi connectivity index (χ2n) is 4.66. The number of allylic oxidation sites excluding steroid dienone is 1. The third-order valence-electron chi connectivity index (χ3n) is 4.28. The molecule has 0 spiro atoms. The van der Waals surface area contributed by atoms with E-state index in [2.05, 4.69) is 26.7 Å². The van der Waals surface area contributed by atoms with Gasteiger partial charge in [0.05, 0.1) is 0 Å². The first-order valence-electron chi connectivity index (χ1n) is 4.29. The lowest BCUT2D eigenvalue weighted by Gasteiger charge is -2.53. The van der Waals surface area contributed by atoms with Crippen LogP contribution in [0.2, 0.25) is 0 Å². The third kappa shape index (κ3) is 0.498. The van der Waals surface area contributed by atoms with Crippen molar-refractivity contribution in [1.82, 2.24) is 0 Å². The molecule has 1 nitrogen and oxygen atoms in total. The van der Waals surface area contributed by atoms with E-state index in [1.165, 1.54) is 12.8 Å². The minimum atomic E-state index is 0.194. The van der Waals surface area contributed by atoms with E-state index in [0.717, 1.165) is 5.57 Å². The molecule has 3 fully saturated rings. The molecule has 0 saturated heterocycles. The molecular weight excluding hydrogens is 136 g/mol. The van der Waals surface area contributed by atoms with Crippen LogP contribution in [0.1, 0.15) is 33.6 Å². The van der Waals surface area contributed by atoms with E-state index in [1.807, 2.05) is 0 Å². The summed E-state index contributed by atoms with van der Waals surface area (Å²) in [5, 5.41) is 0. The molecule has 0 heterocycles. The molecule has 1 heteroatoms. The lowest BCUT2D eigenvalue weighted by atomic mass is 9.49. The van der Waals surface area contributed by atoms with Gasteiger partial charge in [-0.1, -0.05) is 20.8 Å². The maximum absolute atomic E-state index is 10.6. The van der Waals surface area contributed by atoms with Gasteiger partial charge in [0.25, 0.3) is 0 Å². The van der Waals surface area contributed by atoms with Crippen molar-refractivity contribution in [2.75, 3.05) is 0 Å². The summed E-state index contributed by atoms with van der Waals surface area (Å²) in [5.41, 5.74) is 1.61. The van der Waals surface area contributed by atoms with Crippen molar-refractivity contribution in [1.29, 1.82) is 0 Å². The molecule has 11 heavy (non-hydrogen) atoms. The summed E-state index contributed by atoms with van der Waals surface area (Å²) in [7, 11) is 0. The van der Waals surface area contributed by atoms with Gasteiger partial charge in [-0.2, -0.15) is 0 Å². The van der Waals surface area contributed by atoms with Crippen molar-refractivity contribution < 1.29 is 4.79 Å². The van der Waals surface area contributed by atoms with Crippen LogP contribution in [0.15, 0.2) is 5.57 Å². The maximum Gasteiger partial charge on any atom is 0.124 e. The average molecular weight is 150 g/mol. The van der Waals surface area contributed by atoms with Gasteiger partial charge in [0.15, 0.2) is 0 Å². The van der Waals surface area contributed by atoms with E-state index in [4.69, 9.17) is 0 Å². The van der Waals surface area contributed by atoms with Gasteiger partial charge in [-0.3, -0.25) is 0 Å². The highest BCUT2D eigenvalue weighted by Crippen LogP contribution is 2.72. The van der Waals surface area contributed by atoms with Crippen molar-refractivity contribution in [2.45, 2.75) is 33.6 Å². The fourth-order valence-corrected chi connectivity index (χ4v) is 2.98. The van der Waals surface area contributed by atoms with E-state index in [9.17, 15) is 4.79 Å². The van der Waals surface area contributed by atoms with Gasteiger partial charge < -0.3 is 0 Å². The maximum atomic E-state index is 10.6. The molecule has 3 aliphatic rings. The summed E-state index contributed by atoms with van der Waals surface area (Å²) in [6.07, 6.45) is 2.39. The molecular formula is C10H14O. The second-order valence-corrected chi connectivity index (χ2v) is 4.66. The lowest BCUT2D eigenvalue weighted by molar-refractivity contribution is 0.0465. The fraction of sp³-hybridized carbons (Fsp3) is 0.800. The van der Waals surface area contributed by atoms with Crippen molar-refractivity contribution in [3.63, 3.8) is 0 Å². The molecule has 0 amide bonds. The SMILES string of the molecule is CC1(C)[C@H]2CC[C@]1(C)C2=C=O. The highest BCUT2D eigenvalue weighted by molar-refractivity contribution is 5.63. The molecule has 3 aliphatic carbocycles. The Bertz CT molecular complexity index is 258. The van der Waals surface area contributed by atoms with Gasteiger partial charge in [-0.15, -0.1) is 0 Å². The Morgan fingerprint density at radius 3 is 2.27 bits per heavy atom. The number of rotatable bonds is 0. The Morgan fingerprint density at radius 2 is 2.09 bits per heavy atom. The first-order valence-corrected chi connectivity index (χ1v) is 4.29. The average Bonchev–Trinajstić information content (AvgIpc) is 2.38. The zero-order valence-electron chi connectivity index (χ0n) is 7.40. The molecule has 3 rings (SSSR count). The van der Waals surface area contributed by atoms with Crippen LogP contribution in [-0.4, -0.2) is 5.94 Å². The van der Waals surface area contributed by atoms with E-state index in [-0.39, 0.29) is 5.41 Å². The van der Waals surface area contributed by atoms with E-state index < -0.39 is 0 Å². The number of hydrogen-bond donors (Lipinski definition) is 0. The van der Waals surface area contributed by atoms with Gasteiger partial charge in [0.1, 0.15) is 5.94 Å².